The van der Waals surface area contributed by atoms with Gasteiger partial charge in [0.1, 0.15) is 5.75 Å². The second kappa shape index (κ2) is 7.57. The van der Waals surface area contributed by atoms with Crippen LogP contribution in [0.25, 0.3) is 0 Å². The Kier molecular flexibility index (Phi) is 5.25. The predicted octanol–water partition coefficient (Wildman–Crippen LogP) is 3.81. The van der Waals surface area contributed by atoms with Gasteiger partial charge in [-0.05, 0) is 40.2 Å². The van der Waals surface area contributed by atoms with Gasteiger partial charge in [0.15, 0.2) is 0 Å². The zero-order valence-electron chi connectivity index (χ0n) is 13.5. The van der Waals surface area contributed by atoms with Crippen molar-refractivity contribution in [2.45, 2.75) is 0 Å². The molecule has 0 aliphatic carbocycles. The summed E-state index contributed by atoms with van der Waals surface area (Å²) in [6, 6.07) is 15.5. The van der Waals surface area contributed by atoms with Crippen molar-refractivity contribution in [2.75, 3.05) is 43.5 Å². The topological polar surface area (TPSA) is 44.8 Å². The van der Waals surface area contributed by atoms with E-state index < -0.39 is 0 Å². The van der Waals surface area contributed by atoms with Crippen LogP contribution in [0.3, 0.4) is 0 Å². The lowest BCUT2D eigenvalue weighted by molar-refractivity contribution is 0.208. The maximum atomic E-state index is 12.4. The minimum Gasteiger partial charge on any atom is -0.497 e. The SMILES string of the molecule is COc1cccc(NC(=O)N2CCN(c3ccccc3Br)CC2)c1. The Bertz CT molecular complexity index is 715. The Morgan fingerprint density at radius 3 is 2.54 bits per heavy atom. The van der Waals surface area contributed by atoms with Crippen LogP contribution in [0.4, 0.5) is 16.2 Å². The summed E-state index contributed by atoms with van der Waals surface area (Å²) in [5.74, 6) is 0.728. The molecule has 0 bridgehead atoms. The van der Waals surface area contributed by atoms with Gasteiger partial charge in [-0.15, -0.1) is 0 Å². The van der Waals surface area contributed by atoms with Crippen LogP contribution >= 0.6 is 15.9 Å². The van der Waals surface area contributed by atoms with Gasteiger partial charge >= 0.3 is 6.03 Å². The molecular formula is C18H20BrN3O2. The van der Waals surface area contributed by atoms with Crippen LogP contribution in [0.1, 0.15) is 0 Å². The molecule has 0 unspecified atom stereocenters. The number of amides is 2. The number of rotatable bonds is 3. The molecule has 1 aliphatic heterocycles. The van der Waals surface area contributed by atoms with Crippen LogP contribution < -0.4 is 15.0 Å². The van der Waals surface area contributed by atoms with Gasteiger partial charge in [0.25, 0.3) is 0 Å². The first kappa shape index (κ1) is 16.6. The van der Waals surface area contributed by atoms with Crippen LogP contribution in [0.15, 0.2) is 53.0 Å². The first-order valence-corrected chi connectivity index (χ1v) is 8.66. The van der Waals surface area contributed by atoms with E-state index in [1.807, 2.05) is 47.4 Å². The molecule has 6 heteroatoms. The van der Waals surface area contributed by atoms with Gasteiger partial charge < -0.3 is 19.9 Å². The minimum absolute atomic E-state index is 0.0740. The first-order valence-electron chi connectivity index (χ1n) is 7.87. The molecule has 2 aromatic rings. The maximum Gasteiger partial charge on any atom is 0.321 e. The molecule has 0 radical (unpaired) electrons. The fraction of sp³-hybridized carbons (Fsp3) is 0.278. The first-order chi connectivity index (χ1) is 11.7. The Morgan fingerprint density at radius 1 is 1.08 bits per heavy atom. The molecule has 1 aliphatic rings. The average Bonchev–Trinajstić information content (AvgIpc) is 2.62. The number of hydrogen-bond acceptors (Lipinski definition) is 3. The Hall–Kier alpha value is -2.21. The highest BCUT2D eigenvalue weighted by atomic mass is 79.9. The number of carbonyl (C=O) groups is 1. The maximum absolute atomic E-state index is 12.4. The molecule has 1 saturated heterocycles. The molecule has 0 saturated carbocycles. The summed E-state index contributed by atoms with van der Waals surface area (Å²) in [6.07, 6.45) is 0. The third kappa shape index (κ3) is 3.82. The Labute approximate surface area is 150 Å². The summed E-state index contributed by atoms with van der Waals surface area (Å²) >= 11 is 3.59. The Balaban J connectivity index is 1.58. The molecule has 1 heterocycles. The van der Waals surface area contributed by atoms with Gasteiger partial charge in [-0.25, -0.2) is 4.79 Å². The van der Waals surface area contributed by atoms with E-state index in [9.17, 15) is 4.79 Å². The molecule has 0 aromatic heterocycles. The molecule has 0 spiro atoms. The van der Waals surface area contributed by atoms with E-state index in [4.69, 9.17) is 4.74 Å². The number of piperazine rings is 1. The normalized spacial score (nSPS) is 14.4. The van der Waals surface area contributed by atoms with Crippen molar-refractivity contribution in [3.05, 3.63) is 53.0 Å². The van der Waals surface area contributed by atoms with Crippen LogP contribution in [0.5, 0.6) is 5.75 Å². The number of nitrogens with one attached hydrogen (secondary N) is 1. The lowest BCUT2D eigenvalue weighted by Gasteiger charge is -2.36. The van der Waals surface area contributed by atoms with E-state index in [-0.39, 0.29) is 6.03 Å². The smallest absolute Gasteiger partial charge is 0.321 e. The number of anilines is 2. The highest BCUT2D eigenvalue weighted by molar-refractivity contribution is 9.10. The minimum atomic E-state index is -0.0740. The van der Waals surface area contributed by atoms with Gasteiger partial charge in [0.2, 0.25) is 0 Å². The second-order valence-electron chi connectivity index (χ2n) is 5.59. The number of urea groups is 1. The number of ether oxygens (including phenoxy) is 1. The van der Waals surface area contributed by atoms with E-state index in [0.29, 0.717) is 13.1 Å². The number of methoxy groups -OCH3 is 1. The van der Waals surface area contributed by atoms with Crippen molar-refractivity contribution in [3.63, 3.8) is 0 Å². The molecule has 1 fully saturated rings. The third-order valence-corrected chi connectivity index (χ3v) is 4.75. The summed E-state index contributed by atoms with van der Waals surface area (Å²) in [6.45, 7) is 3.01. The predicted molar refractivity (Wildman–Crippen MR) is 99.9 cm³/mol. The molecule has 24 heavy (non-hydrogen) atoms. The molecule has 3 rings (SSSR count). The summed E-state index contributed by atoms with van der Waals surface area (Å²) in [5.41, 5.74) is 1.91. The van der Waals surface area contributed by atoms with Crippen LogP contribution in [0, 0.1) is 0 Å². The second-order valence-corrected chi connectivity index (χ2v) is 6.44. The van der Waals surface area contributed by atoms with Gasteiger partial charge in [-0.2, -0.15) is 0 Å². The lowest BCUT2D eigenvalue weighted by Crippen LogP contribution is -2.50. The fourth-order valence-corrected chi connectivity index (χ4v) is 3.30. The summed E-state index contributed by atoms with van der Waals surface area (Å²) in [5, 5.41) is 2.93. The summed E-state index contributed by atoms with van der Waals surface area (Å²) in [4.78, 5) is 16.6. The molecule has 2 aromatic carbocycles. The highest BCUT2D eigenvalue weighted by Gasteiger charge is 2.22. The number of nitrogens with zero attached hydrogens (tertiary/aromatic N) is 2. The largest absolute Gasteiger partial charge is 0.497 e. The number of para-hydroxylation sites is 1. The monoisotopic (exact) mass is 389 g/mol. The van der Waals surface area contributed by atoms with Crippen molar-refractivity contribution in [1.82, 2.24) is 4.90 Å². The zero-order chi connectivity index (χ0) is 16.9. The molecule has 126 valence electrons. The van der Waals surface area contributed by atoms with Crippen LogP contribution in [0.2, 0.25) is 0 Å². The molecule has 2 amide bonds. The fourth-order valence-electron chi connectivity index (χ4n) is 2.76. The van der Waals surface area contributed by atoms with Crippen LogP contribution in [-0.4, -0.2) is 44.2 Å². The van der Waals surface area contributed by atoms with Crippen molar-refractivity contribution < 1.29 is 9.53 Å². The number of hydrogen-bond donors (Lipinski definition) is 1. The van der Waals surface area contributed by atoms with Crippen molar-refractivity contribution in [2.24, 2.45) is 0 Å². The van der Waals surface area contributed by atoms with Crippen molar-refractivity contribution >= 4 is 33.3 Å². The van der Waals surface area contributed by atoms with E-state index in [1.54, 1.807) is 7.11 Å². The van der Waals surface area contributed by atoms with E-state index >= 15 is 0 Å². The quantitative estimate of drug-likeness (QED) is 0.867. The zero-order valence-corrected chi connectivity index (χ0v) is 15.1. The van der Waals surface area contributed by atoms with Gasteiger partial charge in [0, 0.05) is 42.4 Å². The van der Waals surface area contributed by atoms with Gasteiger partial charge in [-0.1, -0.05) is 18.2 Å². The number of benzene rings is 2. The lowest BCUT2D eigenvalue weighted by atomic mass is 10.2. The summed E-state index contributed by atoms with van der Waals surface area (Å²) < 4.78 is 6.26. The molecular weight excluding hydrogens is 370 g/mol. The highest BCUT2D eigenvalue weighted by Crippen LogP contribution is 2.26. The van der Waals surface area contributed by atoms with E-state index in [0.717, 1.165) is 29.0 Å². The molecule has 5 nitrogen and oxygen atoms in total. The standard InChI is InChI=1S/C18H20BrN3O2/c1-24-15-6-4-5-14(13-15)20-18(23)22-11-9-21(10-12-22)17-8-3-2-7-16(17)19/h2-8,13H,9-12H2,1H3,(H,20,23). The average molecular weight is 390 g/mol. The third-order valence-electron chi connectivity index (χ3n) is 4.08. The molecule has 1 N–H and O–H groups in total. The van der Waals surface area contributed by atoms with Gasteiger partial charge in [-0.3, -0.25) is 0 Å². The molecule has 0 atom stereocenters. The Morgan fingerprint density at radius 2 is 1.83 bits per heavy atom. The number of halogens is 1. The summed E-state index contributed by atoms with van der Waals surface area (Å²) in [7, 11) is 1.61. The van der Waals surface area contributed by atoms with Crippen LogP contribution in [-0.2, 0) is 0 Å². The van der Waals surface area contributed by atoms with Crippen molar-refractivity contribution in [1.29, 1.82) is 0 Å². The van der Waals surface area contributed by atoms with Crippen molar-refractivity contribution in [3.8, 4) is 5.75 Å². The van der Waals surface area contributed by atoms with Gasteiger partial charge in [0.05, 0.1) is 12.8 Å². The van der Waals surface area contributed by atoms with E-state index in [2.05, 4.69) is 32.2 Å². The number of carbonyl (C=O) groups excluding carboxylic acids is 1. The van der Waals surface area contributed by atoms with E-state index in [1.165, 1.54) is 5.69 Å².